The number of nitrogens with zero attached hydrogens (tertiary/aromatic N) is 4. The van der Waals surface area contributed by atoms with Crippen molar-refractivity contribution in [1.29, 1.82) is 0 Å². The summed E-state index contributed by atoms with van der Waals surface area (Å²) in [6.07, 6.45) is 1.77. The van der Waals surface area contributed by atoms with Gasteiger partial charge in [0, 0.05) is 11.4 Å². The van der Waals surface area contributed by atoms with Gasteiger partial charge in [-0.2, -0.15) is 5.10 Å². The summed E-state index contributed by atoms with van der Waals surface area (Å²) in [7, 11) is 0. The Morgan fingerprint density at radius 3 is 3.00 bits per heavy atom. The average molecular weight is 418 g/mol. The first-order valence-electron chi connectivity index (χ1n) is 8.28. The van der Waals surface area contributed by atoms with E-state index in [2.05, 4.69) is 25.7 Å². The van der Waals surface area contributed by atoms with Gasteiger partial charge >= 0.3 is 5.97 Å². The number of hydrogen-bond donors (Lipinski definition) is 1. The topological polar surface area (TPSA) is 98.6 Å². The Morgan fingerprint density at radius 2 is 2.21 bits per heavy atom. The van der Waals surface area contributed by atoms with Gasteiger partial charge in [-0.1, -0.05) is 23.7 Å². The maximum atomic E-state index is 11.5. The monoisotopic (exact) mass is 417 g/mol. The molecule has 0 unspecified atom stereocenters. The Morgan fingerprint density at radius 1 is 1.32 bits per heavy atom. The maximum absolute atomic E-state index is 11.5. The van der Waals surface area contributed by atoms with E-state index in [0.29, 0.717) is 34.2 Å². The highest BCUT2D eigenvalue weighted by Gasteiger charge is 2.08. The Bertz CT molecular complexity index is 962. The van der Waals surface area contributed by atoms with Crippen LogP contribution in [0.2, 0.25) is 5.15 Å². The number of ether oxygens (including phenoxy) is 2. The molecule has 10 heteroatoms. The van der Waals surface area contributed by atoms with Crippen LogP contribution in [0.4, 0.5) is 5.13 Å². The second-order valence-corrected chi connectivity index (χ2v) is 6.61. The Balaban J connectivity index is 1.56. The molecule has 0 bridgehead atoms. The first-order chi connectivity index (χ1) is 13.6. The summed E-state index contributed by atoms with van der Waals surface area (Å²) in [4.78, 5) is 15.8. The summed E-state index contributed by atoms with van der Waals surface area (Å²) in [5, 5.41) is 14.4. The summed E-state index contributed by atoms with van der Waals surface area (Å²) in [5.74, 6) is 0.630. The number of esters is 1. The number of hydrogen-bond acceptors (Lipinski definition) is 9. The summed E-state index contributed by atoms with van der Waals surface area (Å²) in [6, 6.07) is 10.5. The van der Waals surface area contributed by atoms with Crippen molar-refractivity contribution >= 4 is 40.3 Å². The second kappa shape index (κ2) is 9.77. The third-order valence-electron chi connectivity index (χ3n) is 3.24. The van der Waals surface area contributed by atoms with Gasteiger partial charge in [-0.3, -0.25) is 10.2 Å². The summed E-state index contributed by atoms with van der Waals surface area (Å²) in [6.45, 7) is 2.12. The third kappa shape index (κ3) is 6.00. The van der Waals surface area contributed by atoms with Crippen LogP contribution in [0, 0.1) is 0 Å². The summed E-state index contributed by atoms with van der Waals surface area (Å²) < 4.78 is 10.5. The molecule has 0 fully saturated rings. The van der Waals surface area contributed by atoms with Gasteiger partial charge in [0.15, 0.2) is 5.15 Å². The van der Waals surface area contributed by atoms with Crippen molar-refractivity contribution in [3.63, 3.8) is 0 Å². The van der Waals surface area contributed by atoms with Gasteiger partial charge in [0.25, 0.3) is 0 Å². The Labute approximate surface area is 170 Å². The second-order valence-electron chi connectivity index (χ2n) is 5.36. The fourth-order valence-electron chi connectivity index (χ4n) is 2.10. The lowest BCUT2D eigenvalue weighted by atomic mass is 10.2. The molecule has 3 rings (SSSR count). The van der Waals surface area contributed by atoms with E-state index >= 15 is 0 Å². The minimum Gasteiger partial charge on any atom is -0.466 e. The minimum atomic E-state index is -0.301. The largest absolute Gasteiger partial charge is 0.466 e. The molecule has 3 aromatic rings. The first kappa shape index (κ1) is 19.7. The van der Waals surface area contributed by atoms with Gasteiger partial charge in [-0.15, -0.1) is 21.5 Å². The van der Waals surface area contributed by atoms with Crippen LogP contribution in [-0.2, 0) is 16.0 Å². The quantitative estimate of drug-likeness (QED) is 0.336. The highest BCUT2D eigenvalue weighted by atomic mass is 35.5. The van der Waals surface area contributed by atoms with Gasteiger partial charge in [0.1, 0.15) is 5.75 Å². The van der Waals surface area contributed by atoms with Crippen molar-refractivity contribution in [1.82, 2.24) is 15.2 Å². The van der Waals surface area contributed by atoms with Gasteiger partial charge < -0.3 is 9.47 Å². The Kier molecular flexibility index (Phi) is 6.88. The molecule has 1 aromatic carbocycles. The lowest BCUT2D eigenvalue weighted by molar-refractivity contribution is -0.142. The van der Waals surface area contributed by atoms with Crippen LogP contribution in [0.3, 0.4) is 0 Å². The van der Waals surface area contributed by atoms with Crippen LogP contribution in [0.5, 0.6) is 11.6 Å². The standard InChI is InChI=1S/C18H16ClN5O3S/c1-2-26-17(25)9-13-11-28-18(21-13)24-20-10-12-4-3-5-14(8-12)27-16-7-6-15(19)22-23-16/h3-8,10-11H,2,9H2,1H3,(H,21,24). The molecule has 1 N–H and O–H groups in total. The fraction of sp³-hybridized carbons (Fsp3) is 0.167. The van der Waals surface area contributed by atoms with E-state index < -0.39 is 0 Å². The van der Waals surface area contributed by atoms with E-state index in [1.54, 1.807) is 42.8 Å². The van der Waals surface area contributed by atoms with Crippen LogP contribution in [0.1, 0.15) is 18.2 Å². The molecule has 0 aliphatic carbocycles. The molecule has 28 heavy (non-hydrogen) atoms. The number of rotatable bonds is 8. The van der Waals surface area contributed by atoms with E-state index in [4.69, 9.17) is 21.1 Å². The molecule has 2 aromatic heterocycles. The van der Waals surface area contributed by atoms with Gasteiger partial charge in [-0.25, -0.2) is 4.98 Å². The smallest absolute Gasteiger partial charge is 0.311 e. The van der Waals surface area contributed by atoms with Crippen LogP contribution in [-0.4, -0.2) is 34.0 Å². The molecule has 0 aliphatic heterocycles. The molecule has 0 amide bonds. The normalized spacial score (nSPS) is 10.8. The van der Waals surface area contributed by atoms with Crippen molar-refractivity contribution < 1.29 is 14.3 Å². The van der Waals surface area contributed by atoms with E-state index in [0.717, 1.165) is 5.56 Å². The predicted molar refractivity (Wildman–Crippen MR) is 107 cm³/mol. The molecule has 144 valence electrons. The van der Waals surface area contributed by atoms with Gasteiger partial charge in [-0.05, 0) is 30.7 Å². The third-order valence-corrected chi connectivity index (χ3v) is 4.24. The van der Waals surface area contributed by atoms with E-state index in [1.807, 2.05) is 12.1 Å². The highest BCUT2D eigenvalue weighted by molar-refractivity contribution is 7.13. The zero-order chi connectivity index (χ0) is 19.8. The van der Waals surface area contributed by atoms with E-state index in [9.17, 15) is 4.79 Å². The summed E-state index contributed by atoms with van der Waals surface area (Å²) >= 11 is 7.06. The molecular weight excluding hydrogens is 402 g/mol. The number of aromatic nitrogens is 3. The number of halogens is 1. The maximum Gasteiger partial charge on any atom is 0.311 e. The van der Waals surface area contributed by atoms with E-state index in [1.165, 1.54) is 11.3 Å². The van der Waals surface area contributed by atoms with Crippen molar-refractivity contribution in [3.05, 3.63) is 58.2 Å². The van der Waals surface area contributed by atoms with Crippen molar-refractivity contribution in [3.8, 4) is 11.6 Å². The zero-order valence-corrected chi connectivity index (χ0v) is 16.4. The number of thiazole rings is 1. The molecule has 0 atom stereocenters. The first-order valence-corrected chi connectivity index (χ1v) is 9.54. The molecule has 0 saturated heterocycles. The average Bonchev–Trinajstić information content (AvgIpc) is 3.11. The minimum absolute atomic E-state index is 0.142. The number of hydrazone groups is 1. The number of benzene rings is 1. The number of anilines is 1. The zero-order valence-electron chi connectivity index (χ0n) is 14.8. The van der Waals surface area contributed by atoms with Crippen LogP contribution < -0.4 is 10.2 Å². The van der Waals surface area contributed by atoms with Crippen molar-refractivity contribution in [2.75, 3.05) is 12.0 Å². The number of carbonyl (C=O) groups excluding carboxylic acids is 1. The molecular formula is C18H16ClN5O3S. The molecule has 0 aliphatic rings. The van der Waals surface area contributed by atoms with Crippen LogP contribution >= 0.6 is 22.9 Å². The highest BCUT2D eigenvalue weighted by Crippen LogP contribution is 2.20. The lowest BCUT2D eigenvalue weighted by Gasteiger charge is -2.04. The summed E-state index contributed by atoms with van der Waals surface area (Å²) in [5.41, 5.74) is 4.30. The number of nitrogens with one attached hydrogen (secondary N) is 1. The van der Waals surface area contributed by atoms with Crippen LogP contribution in [0.25, 0.3) is 0 Å². The van der Waals surface area contributed by atoms with Crippen molar-refractivity contribution in [2.24, 2.45) is 5.10 Å². The van der Waals surface area contributed by atoms with Gasteiger partial charge in [0.2, 0.25) is 11.0 Å². The molecule has 2 heterocycles. The lowest BCUT2D eigenvalue weighted by Crippen LogP contribution is -2.07. The Hall–Kier alpha value is -3.04. The van der Waals surface area contributed by atoms with E-state index in [-0.39, 0.29) is 12.4 Å². The van der Waals surface area contributed by atoms with Gasteiger partial charge in [0.05, 0.1) is 24.9 Å². The molecule has 0 spiro atoms. The fourth-order valence-corrected chi connectivity index (χ4v) is 2.86. The predicted octanol–water partition coefficient (Wildman–Crippen LogP) is 3.93. The molecule has 0 saturated carbocycles. The molecule has 8 nitrogen and oxygen atoms in total. The van der Waals surface area contributed by atoms with Crippen LogP contribution in [0.15, 0.2) is 46.9 Å². The number of carbonyl (C=O) groups is 1. The molecule has 0 radical (unpaired) electrons. The SMILES string of the molecule is CCOC(=O)Cc1csc(NN=Cc2cccc(Oc3ccc(Cl)nn3)c2)n1. The van der Waals surface area contributed by atoms with Crippen molar-refractivity contribution in [2.45, 2.75) is 13.3 Å².